The van der Waals surface area contributed by atoms with Crippen LogP contribution in [-0.4, -0.2) is 12.6 Å². The fourth-order valence-corrected chi connectivity index (χ4v) is 2.80. The van der Waals surface area contributed by atoms with E-state index in [9.17, 15) is 4.39 Å². The predicted octanol–water partition coefficient (Wildman–Crippen LogP) is 3.32. The van der Waals surface area contributed by atoms with Crippen LogP contribution in [0.2, 0.25) is 0 Å². The highest BCUT2D eigenvalue weighted by atomic mass is 19.1. The minimum atomic E-state index is -0.0597. The van der Waals surface area contributed by atoms with Crippen molar-refractivity contribution in [2.45, 2.75) is 39.2 Å². The van der Waals surface area contributed by atoms with Crippen molar-refractivity contribution >= 4 is 0 Å². The van der Waals surface area contributed by atoms with Gasteiger partial charge < -0.3 is 5.32 Å². The molecule has 1 saturated carbocycles. The van der Waals surface area contributed by atoms with E-state index in [1.165, 1.54) is 0 Å². The van der Waals surface area contributed by atoms with Crippen LogP contribution in [0.15, 0.2) is 24.3 Å². The van der Waals surface area contributed by atoms with E-state index in [0.29, 0.717) is 12.0 Å². The Labute approximate surface area is 97.1 Å². The third-order valence-electron chi connectivity index (χ3n) is 4.00. The monoisotopic (exact) mass is 221 g/mol. The molecule has 1 aliphatic rings. The van der Waals surface area contributed by atoms with Gasteiger partial charge in [-0.15, -0.1) is 0 Å². The zero-order chi connectivity index (χ0) is 11.8. The van der Waals surface area contributed by atoms with Gasteiger partial charge in [0.1, 0.15) is 5.82 Å². The van der Waals surface area contributed by atoms with E-state index in [4.69, 9.17) is 0 Å². The van der Waals surface area contributed by atoms with Crippen molar-refractivity contribution in [1.82, 2.24) is 5.32 Å². The number of hydrogen-bond acceptors (Lipinski definition) is 1. The number of rotatable bonds is 3. The molecule has 0 spiro atoms. The Balaban J connectivity index is 2.17. The third-order valence-corrected chi connectivity index (χ3v) is 4.00. The van der Waals surface area contributed by atoms with Gasteiger partial charge in [0.25, 0.3) is 0 Å². The average molecular weight is 221 g/mol. The van der Waals surface area contributed by atoms with Crippen molar-refractivity contribution in [3.8, 4) is 0 Å². The lowest BCUT2D eigenvalue weighted by atomic mass is 9.56. The van der Waals surface area contributed by atoms with Crippen molar-refractivity contribution in [1.29, 1.82) is 0 Å². The Kier molecular flexibility index (Phi) is 3.02. The van der Waals surface area contributed by atoms with Crippen LogP contribution in [0.3, 0.4) is 0 Å². The van der Waals surface area contributed by atoms with Gasteiger partial charge >= 0.3 is 0 Å². The van der Waals surface area contributed by atoms with E-state index in [-0.39, 0.29) is 11.2 Å². The Morgan fingerprint density at radius 2 is 2.06 bits per heavy atom. The molecule has 1 nitrogen and oxygen atoms in total. The molecule has 1 aliphatic carbocycles. The molecule has 2 unspecified atom stereocenters. The highest BCUT2D eigenvalue weighted by Crippen LogP contribution is 2.52. The first-order chi connectivity index (χ1) is 7.57. The minimum Gasteiger partial charge on any atom is -0.314 e. The molecule has 1 N–H and O–H groups in total. The maximum atomic E-state index is 13.7. The number of halogens is 1. The summed E-state index contributed by atoms with van der Waals surface area (Å²) in [6.07, 6.45) is 1.04. The lowest BCUT2D eigenvalue weighted by molar-refractivity contribution is 0.0684. The summed E-state index contributed by atoms with van der Waals surface area (Å²) in [7, 11) is 0. The van der Waals surface area contributed by atoms with Crippen LogP contribution < -0.4 is 5.32 Å². The highest BCUT2D eigenvalue weighted by Gasteiger charge is 2.48. The zero-order valence-electron chi connectivity index (χ0n) is 10.3. The SMILES string of the molecule is CCNC1CC(c2ccccc2F)C1(C)C. The standard InChI is InChI=1S/C14H20FN/c1-4-16-13-9-11(14(13,2)3)10-7-5-6-8-12(10)15/h5-8,11,13,16H,4,9H2,1-3H3. The fourth-order valence-electron chi connectivity index (χ4n) is 2.80. The molecule has 0 amide bonds. The van der Waals surface area contributed by atoms with Crippen LogP contribution in [0.25, 0.3) is 0 Å². The largest absolute Gasteiger partial charge is 0.314 e. The molecule has 2 atom stereocenters. The molecule has 0 saturated heterocycles. The van der Waals surface area contributed by atoms with Gasteiger partial charge in [0.05, 0.1) is 0 Å². The Bertz CT molecular complexity index is 373. The number of benzene rings is 1. The summed E-state index contributed by atoms with van der Waals surface area (Å²) in [5.41, 5.74) is 1.03. The average Bonchev–Trinajstić information content (AvgIpc) is 2.25. The van der Waals surface area contributed by atoms with Gasteiger partial charge in [0, 0.05) is 6.04 Å². The van der Waals surface area contributed by atoms with E-state index in [2.05, 4.69) is 26.1 Å². The molecule has 0 aromatic heterocycles. The summed E-state index contributed by atoms with van der Waals surface area (Å²) < 4.78 is 13.7. The molecule has 16 heavy (non-hydrogen) atoms. The Morgan fingerprint density at radius 1 is 1.38 bits per heavy atom. The van der Waals surface area contributed by atoms with Crippen LogP contribution in [0.5, 0.6) is 0 Å². The maximum Gasteiger partial charge on any atom is 0.126 e. The molecule has 0 heterocycles. The summed E-state index contributed by atoms with van der Waals surface area (Å²) in [5.74, 6) is 0.285. The molecule has 2 rings (SSSR count). The van der Waals surface area contributed by atoms with E-state index in [0.717, 1.165) is 18.5 Å². The first kappa shape index (κ1) is 11.6. The normalized spacial score (nSPS) is 27.5. The smallest absolute Gasteiger partial charge is 0.126 e. The zero-order valence-corrected chi connectivity index (χ0v) is 10.3. The second-order valence-electron chi connectivity index (χ2n) is 5.24. The lowest BCUT2D eigenvalue weighted by Crippen LogP contribution is -2.55. The molecule has 0 aliphatic heterocycles. The van der Waals surface area contributed by atoms with Gasteiger partial charge in [-0.05, 0) is 35.9 Å². The molecule has 2 heteroatoms. The first-order valence-corrected chi connectivity index (χ1v) is 6.05. The molecule has 0 radical (unpaired) electrons. The molecular formula is C14H20FN. The molecule has 1 aromatic carbocycles. The van der Waals surface area contributed by atoms with Gasteiger partial charge in [0.15, 0.2) is 0 Å². The van der Waals surface area contributed by atoms with Crippen molar-refractivity contribution in [2.75, 3.05) is 6.54 Å². The minimum absolute atomic E-state index is 0.0597. The van der Waals surface area contributed by atoms with Crippen molar-refractivity contribution in [3.63, 3.8) is 0 Å². The summed E-state index contributed by atoms with van der Waals surface area (Å²) in [4.78, 5) is 0. The molecule has 0 bridgehead atoms. The van der Waals surface area contributed by atoms with Gasteiger partial charge in [-0.1, -0.05) is 39.0 Å². The molecule has 1 fully saturated rings. The van der Waals surface area contributed by atoms with Gasteiger partial charge in [-0.25, -0.2) is 4.39 Å². The van der Waals surface area contributed by atoms with Gasteiger partial charge in [-0.2, -0.15) is 0 Å². The van der Waals surface area contributed by atoms with Crippen LogP contribution in [-0.2, 0) is 0 Å². The number of nitrogens with one attached hydrogen (secondary N) is 1. The maximum absolute atomic E-state index is 13.7. The quantitative estimate of drug-likeness (QED) is 0.825. The van der Waals surface area contributed by atoms with Gasteiger partial charge in [-0.3, -0.25) is 0 Å². The fraction of sp³-hybridized carbons (Fsp3) is 0.571. The highest BCUT2D eigenvalue weighted by molar-refractivity contribution is 5.28. The Hall–Kier alpha value is -0.890. The second-order valence-corrected chi connectivity index (χ2v) is 5.24. The van der Waals surface area contributed by atoms with E-state index < -0.39 is 0 Å². The van der Waals surface area contributed by atoms with Crippen LogP contribution in [0.4, 0.5) is 4.39 Å². The van der Waals surface area contributed by atoms with Crippen molar-refractivity contribution in [2.24, 2.45) is 5.41 Å². The molecular weight excluding hydrogens is 201 g/mol. The number of hydrogen-bond donors (Lipinski definition) is 1. The van der Waals surface area contributed by atoms with Crippen LogP contribution >= 0.6 is 0 Å². The topological polar surface area (TPSA) is 12.0 Å². The van der Waals surface area contributed by atoms with Gasteiger partial charge in [0.2, 0.25) is 0 Å². The van der Waals surface area contributed by atoms with E-state index in [1.54, 1.807) is 12.1 Å². The van der Waals surface area contributed by atoms with Crippen LogP contribution in [0, 0.1) is 11.2 Å². The summed E-state index contributed by atoms with van der Waals surface area (Å²) in [6.45, 7) is 7.55. The lowest BCUT2D eigenvalue weighted by Gasteiger charge is -2.53. The first-order valence-electron chi connectivity index (χ1n) is 6.05. The summed E-state index contributed by atoms with van der Waals surface area (Å²) in [5, 5.41) is 3.47. The molecule has 1 aromatic rings. The second kappa shape index (κ2) is 4.17. The van der Waals surface area contributed by atoms with Crippen molar-refractivity contribution < 1.29 is 4.39 Å². The summed E-state index contributed by atoms with van der Waals surface area (Å²) >= 11 is 0. The molecule has 88 valence electrons. The predicted molar refractivity (Wildman–Crippen MR) is 65.0 cm³/mol. The van der Waals surface area contributed by atoms with Crippen LogP contribution in [0.1, 0.15) is 38.7 Å². The van der Waals surface area contributed by atoms with Crippen molar-refractivity contribution in [3.05, 3.63) is 35.6 Å². The summed E-state index contributed by atoms with van der Waals surface area (Å²) in [6, 6.07) is 7.68. The Morgan fingerprint density at radius 3 is 2.62 bits per heavy atom. The third kappa shape index (κ3) is 1.75. The van der Waals surface area contributed by atoms with E-state index >= 15 is 0 Å². The van der Waals surface area contributed by atoms with E-state index in [1.807, 2.05) is 12.1 Å².